The molecule has 4 heterocycles. The lowest BCUT2D eigenvalue weighted by Gasteiger charge is -2.28. The maximum atomic E-state index is 12.7. The summed E-state index contributed by atoms with van der Waals surface area (Å²) in [4.78, 5) is 15.3. The van der Waals surface area contributed by atoms with Crippen LogP contribution in [0.15, 0.2) is 36.8 Å². The van der Waals surface area contributed by atoms with Crippen LogP contribution in [0.3, 0.4) is 0 Å². The molecule has 0 radical (unpaired) electrons. The van der Waals surface area contributed by atoms with Crippen molar-refractivity contribution in [3.8, 4) is 11.1 Å². The van der Waals surface area contributed by atoms with Crippen molar-refractivity contribution in [2.75, 3.05) is 49.0 Å². The molecule has 11 heteroatoms. The Morgan fingerprint density at radius 1 is 0.969 bits per heavy atom. The fourth-order valence-electron chi connectivity index (χ4n) is 4.06. The van der Waals surface area contributed by atoms with Crippen LogP contribution in [0, 0.1) is 0 Å². The number of morpholine rings is 1. The van der Waals surface area contributed by atoms with Crippen molar-refractivity contribution < 1.29 is 13.2 Å². The lowest BCUT2D eigenvalue weighted by molar-refractivity contribution is 0.122. The van der Waals surface area contributed by atoms with Gasteiger partial charge in [-0.2, -0.15) is 12.7 Å². The van der Waals surface area contributed by atoms with Gasteiger partial charge in [0.1, 0.15) is 12.1 Å². The molecule has 2 aliphatic rings. The van der Waals surface area contributed by atoms with Gasteiger partial charge in [-0.15, -0.1) is 0 Å². The molecule has 2 aromatic heterocycles. The molecule has 2 saturated heterocycles. The number of nitrogens with one attached hydrogen (secondary N) is 1. The van der Waals surface area contributed by atoms with E-state index in [0.717, 1.165) is 53.8 Å². The van der Waals surface area contributed by atoms with E-state index in [-0.39, 0.29) is 10.8 Å². The Bertz CT molecular complexity index is 1240. The Labute approximate surface area is 191 Å². The van der Waals surface area contributed by atoms with Crippen LogP contribution in [0.4, 0.5) is 11.5 Å². The molecule has 32 heavy (non-hydrogen) atoms. The lowest BCUT2D eigenvalue weighted by Crippen LogP contribution is -2.36. The minimum atomic E-state index is -3.67. The van der Waals surface area contributed by atoms with Crippen LogP contribution in [0.1, 0.15) is 12.8 Å². The van der Waals surface area contributed by atoms with E-state index < -0.39 is 10.2 Å². The first-order chi connectivity index (χ1) is 15.5. The van der Waals surface area contributed by atoms with Gasteiger partial charge < -0.3 is 9.64 Å². The fraction of sp³-hybridized carbons (Fsp3) is 0.381. The van der Waals surface area contributed by atoms with Gasteiger partial charge in [0.15, 0.2) is 5.15 Å². The smallest absolute Gasteiger partial charge is 0.301 e. The first-order valence-electron chi connectivity index (χ1n) is 10.5. The normalized spacial score (nSPS) is 17.7. The second-order valence-corrected chi connectivity index (χ2v) is 9.83. The monoisotopic (exact) mass is 474 g/mol. The highest BCUT2D eigenvalue weighted by Crippen LogP contribution is 2.32. The van der Waals surface area contributed by atoms with Crippen LogP contribution in [0.5, 0.6) is 0 Å². The van der Waals surface area contributed by atoms with Crippen LogP contribution in [0.2, 0.25) is 5.15 Å². The largest absolute Gasteiger partial charge is 0.378 e. The van der Waals surface area contributed by atoms with Crippen molar-refractivity contribution in [1.82, 2.24) is 19.3 Å². The number of hydrogen-bond acceptors (Lipinski definition) is 7. The molecule has 5 rings (SSSR count). The van der Waals surface area contributed by atoms with Gasteiger partial charge in [-0.1, -0.05) is 17.7 Å². The third-order valence-electron chi connectivity index (χ3n) is 5.74. The number of halogens is 1. The zero-order valence-corrected chi connectivity index (χ0v) is 18.9. The van der Waals surface area contributed by atoms with Crippen molar-refractivity contribution in [2.45, 2.75) is 12.8 Å². The number of fused-ring (bicyclic) bond motifs is 1. The van der Waals surface area contributed by atoms with E-state index in [1.807, 2.05) is 18.2 Å². The van der Waals surface area contributed by atoms with Crippen molar-refractivity contribution in [3.63, 3.8) is 0 Å². The molecule has 0 atom stereocenters. The quantitative estimate of drug-likeness (QED) is 0.567. The Hall–Kier alpha value is -2.53. The van der Waals surface area contributed by atoms with E-state index in [2.05, 4.69) is 24.6 Å². The van der Waals surface area contributed by atoms with Gasteiger partial charge in [-0.25, -0.2) is 15.0 Å². The average Bonchev–Trinajstić information content (AvgIpc) is 3.36. The lowest BCUT2D eigenvalue weighted by atomic mass is 10.0. The Kier molecular flexibility index (Phi) is 5.85. The van der Waals surface area contributed by atoms with Gasteiger partial charge in [-0.05, 0) is 36.6 Å². The van der Waals surface area contributed by atoms with Gasteiger partial charge in [-0.3, -0.25) is 4.72 Å². The zero-order chi connectivity index (χ0) is 22.1. The molecular formula is C21H23ClN6O3S. The molecule has 0 aliphatic carbocycles. The summed E-state index contributed by atoms with van der Waals surface area (Å²) in [5.41, 5.74) is 2.70. The van der Waals surface area contributed by atoms with Gasteiger partial charge >= 0.3 is 10.2 Å². The van der Waals surface area contributed by atoms with Crippen molar-refractivity contribution in [2.24, 2.45) is 0 Å². The van der Waals surface area contributed by atoms with Gasteiger partial charge in [0.25, 0.3) is 0 Å². The first kappa shape index (κ1) is 21.3. The Morgan fingerprint density at radius 3 is 2.53 bits per heavy atom. The van der Waals surface area contributed by atoms with Crippen LogP contribution in [-0.4, -0.2) is 67.1 Å². The maximum absolute atomic E-state index is 12.7. The van der Waals surface area contributed by atoms with E-state index in [1.165, 1.54) is 4.31 Å². The summed E-state index contributed by atoms with van der Waals surface area (Å²) in [5.74, 6) is 0.858. The second kappa shape index (κ2) is 8.78. The molecule has 1 aromatic carbocycles. The molecule has 0 bridgehead atoms. The number of pyridine rings is 1. The van der Waals surface area contributed by atoms with E-state index >= 15 is 0 Å². The summed E-state index contributed by atoms with van der Waals surface area (Å²) in [7, 11) is -3.67. The van der Waals surface area contributed by atoms with Crippen LogP contribution in [-0.2, 0) is 14.9 Å². The van der Waals surface area contributed by atoms with E-state index in [1.54, 1.807) is 18.6 Å². The second-order valence-electron chi connectivity index (χ2n) is 7.80. The summed E-state index contributed by atoms with van der Waals surface area (Å²) in [6, 6.07) is 7.58. The average molecular weight is 475 g/mol. The van der Waals surface area contributed by atoms with Crippen molar-refractivity contribution >= 4 is 44.2 Å². The number of aromatic nitrogens is 3. The summed E-state index contributed by atoms with van der Waals surface area (Å²) < 4.78 is 34.9. The van der Waals surface area contributed by atoms with Crippen molar-refractivity contribution in [3.05, 3.63) is 41.9 Å². The molecular weight excluding hydrogens is 452 g/mol. The fourth-order valence-corrected chi connectivity index (χ4v) is 5.57. The standard InChI is InChI=1S/C21H23ClN6O3S/c22-20-19(26-32(29,30)28-5-1-2-6-28)12-16(13-23-20)15-3-4-18-17(11-15)21(25-14-24-18)27-7-9-31-10-8-27/h3-4,11-14,26H,1-2,5-10H2. The summed E-state index contributed by atoms with van der Waals surface area (Å²) in [5, 5.41) is 1.02. The number of ether oxygens (including phenoxy) is 1. The van der Waals surface area contributed by atoms with Gasteiger partial charge in [0, 0.05) is 43.3 Å². The van der Waals surface area contributed by atoms with E-state index in [0.29, 0.717) is 26.3 Å². The molecule has 168 valence electrons. The molecule has 2 aliphatic heterocycles. The highest BCUT2D eigenvalue weighted by atomic mass is 35.5. The topological polar surface area (TPSA) is 101 Å². The maximum Gasteiger partial charge on any atom is 0.301 e. The highest BCUT2D eigenvalue weighted by Gasteiger charge is 2.26. The van der Waals surface area contributed by atoms with E-state index in [4.69, 9.17) is 16.3 Å². The van der Waals surface area contributed by atoms with E-state index in [9.17, 15) is 8.42 Å². The van der Waals surface area contributed by atoms with Crippen molar-refractivity contribution in [1.29, 1.82) is 0 Å². The molecule has 0 spiro atoms. The molecule has 3 aromatic rings. The summed E-state index contributed by atoms with van der Waals surface area (Å²) in [6.07, 6.45) is 4.92. The Morgan fingerprint density at radius 2 is 1.75 bits per heavy atom. The summed E-state index contributed by atoms with van der Waals surface area (Å²) in [6.45, 7) is 3.87. The predicted octanol–water partition coefficient (Wildman–Crippen LogP) is 2.93. The molecule has 0 saturated carbocycles. The highest BCUT2D eigenvalue weighted by molar-refractivity contribution is 7.90. The van der Waals surface area contributed by atoms with Crippen LogP contribution in [0.25, 0.3) is 22.0 Å². The molecule has 2 fully saturated rings. The third-order valence-corrected chi connectivity index (χ3v) is 7.57. The van der Waals surface area contributed by atoms with Gasteiger partial charge in [0.2, 0.25) is 0 Å². The molecule has 1 N–H and O–H groups in total. The van der Waals surface area contributed by atoms with Gasteiger partial charge in [0.05, 0.1) is 24.4 Å². The Balaban J connectivity index is 1.50. The first-order valence-corrected chi connectivity index (χ1v) is 12.3. The molecule has 9 nitrogen and oxygen atoms in total. The number of anilines is 2. The third kappa shape index (κ3) is 4.23. The molecule has 0 amide bonds. The number of nitrogens with zero attached hydrogens (tertiary/aromatic N) is 5. The number of hydrogen-bond donors (Lipinski definition) is 1. The molecule has 0 unspecified atom stereocenters. The van der Waals surface area contributed by atoms with Crippen LogP contribution < -0.4 is 9.62 Å². The summed E-state index contributed by atoms with van der Waals surface area (Å²) >= 11 is 6.22. The predicted molar refractivity (Wildman–Crippen MR) is 124 cm³/mol. The van der Waals surface area contributed by atoms with Crippen LogP contribution >= 0.6 is 11.6 Å². The minimum Gasteiger partial charge on any atom is -0.378 e. The number of rotatable bonds is 5. The minimum absolute atomic E-state index is 0.106. The SMILES string of the molecule is O=S(=O)(Nc1cc(-c2ccc3ncnc(N4CCOCC4)c3c2)cnc1Cl)N1CCCC1. The zero-order valence-electron chi connectivity index (χ0n) is 17.4. The number of benzene rings is 1.